The zero-order valence-electron chi connectivity index (χ0n) is 18.4. The standard InChI is InChI=1S/C25H20O9/c1-3-9-31-16-7-5-14-11-19(25(29)33-20(14)12-16)23(27)32-17-8-6-15-10-18(22(26)30-4-2)24(28)34-21(15)13-17/h5-8,10-13H,3-4,9H2,1-2H3. The first-order valence-electron chi connectivity index (χ1n) is 10.6. The van der Waals surface area contributed by atoms with Crippen LogP contribution in [0.5, 0.6) is 11.5 Å². The molecule has 0 atom stereocenters. The highest BCUT2D eigenvalue weighted by Gasteiger charge is 2.18. The zero-order valence-corrected chi connectivity index (χ0v) is 18.4. The Bertz CT molecular complexity index is 1510. The van der Waals surface area contributed by atoms with Crippen molar-refractivity contribution in [3.63, 3.8) is 0 Å². The number of esters is 2. The largest absolute Gasteiger partial charge is 0.493 e. The van der Waals surface area contributed by atoms with E-state index < -0.39 is 23.2 Å². The maximum atomic E-state index is 12.6. The first-order chi connectivity index (χ1) is 16.4. The molecule has 9 nitrogen and oxygen atoms in total. The average molecular weight is 464 g/mol. The number of ether oxygens (including phenoxy) is 3. The molecule has 2 aromatic carbocycles. The molecule has 9 heteroatoms. The Morgan fingerprint density at radius 3 is 1.91 bits per heavy atom. The Kier molecular flexibility index (Phi) is 6.44. The van der Waals surface area contributed by atoms with Crippen LogP contribution >= 0.6 is 0 Å². The highest BCUT2D eigenvalue weighted by Crippen LogP contribution is 2.23. The molecular formula is C25H20O9. The number of benzene rings is 2. The quantitative estimate of drug-likeness (QED) is 0.226. The predicted octanol–water partition coefficient (Wildman–Crippen LogP) is 4.08. The smallest absolute Gasteiger partial charge is 0.351 e. The van der Waals surface area contributed by atoms with Gasteiger partial charge in [-0.25, -0.2) is 19.2 Å². The van der Waals surface area contributed by atoms with Gasteiger partial charge in [0.15, 0.2) is 0 Å². The minimum absolute atomic E-state index is 0.0346. The SMILES string of the molecule is CCCOc1ccc2cc(C(=O)Oc3ccc4cc(C(=O)OCC)c(=O)oc4c3)c(=O)oc2c1. The lowest BCUT2D eigenvalue weighted by atomic mass is 10.1. The average Bonchev–Trinajstić information content (AvgIpc) is 2.81. The molecule has 0 saturated carbocycles. The number of carbonyl (C=O) groups is 2. The molecule has 0 aliphatic heterocycles. The second-order valence-electron chi connectivity index (χ2n) is 7.25. The molecule has 0 amide bonds. The Morgan fingerprint density at radius 1 is 0.765 bits per heavy atom. The second-order valence-corrected chi connectivity index (χ2v) is 7.25. The summed E-state index contributed by atoms with van der Waals surface area (Å²) in [7, 11) is 0. The Balaban J connectivity index is 1.60. The minimum atomic E-state index is -0.938. The third kappa shape index (κ3) is 4.68. The minimum Gasteiger partial charge on any atom is -0.493 e. The van der Waals surface area contributed by atoms with Crippen LogP contribution in [0.25, 0.3) is 21.9 Å². The van der Waals surface area contributed by atoms with Crippen LogP contribution in [0, 0.1) is 0 Å². The molecule has 0 spiro atoms. The molecule has 0 radical (unpaired) electrons. The molecule has 0 saturated heterocycles. The Labute approximate surface area is 192 Å². The number of fused-ring (bicyclic) bond motifs is 2. The van der Waals surface area contributed by atoms with E-state index in [-0.39, 0.29) is 34.6 Å². The topological polar surface area (TPSA) is 122 Å². The van der Waals surface area contributed by atoms with E-state index in [9.17, 15) is 19.2 Å². The fourth-order valence-corrected chi connectivity index (χ4v) is 3.21. The van der Waals surface area contributed by atoms with Crippen molar-refractivity contribution in [2.75, 3.05) is 13.2 Å². The van der Waals surface area contributed by atoms with E-state index in [1.54, 1.807) is 25.1 Å². The van der Waals surface area contributed by atoms with Gasteiger partial charge in [0.25, 0.3) is 0 Å². The van der Waals surface area contributed by atoms with Crippen LogP contribution in [-0.4, -0.2) is 25.2 Å². The summed E-state index contributed by atoms with van der Waals surface area (Å²) in [5, 5.41) is 0.945. The lowest BCUT2D eigenvalue weighted by Crippen LogP contribution is -2.19. The van der Waals surface area contributed by atoms with Crippen molar-refractivity contribution in [1.29, 1.82) is 0 Å². The van der Waals surface area contributed by atoms with Crippen LogP contribution in [0.4, 0.5) is 0 Å². The molecule has 174 valence electrons. The Hall–Kier alpha value is -4.40. The summed E-state index contributed by atoms with van der Waals surface area (Å²) in [6, 6.07) is 11.9. The van der Waals surface area contributed by atoms with Gasteiger partial charge in [0.1, 0.15) is 33.8 Å². The Morgan fingerprint density at radius 2 is 1.32 bits per heavy atom. The highest BCUT2D eigenvalue weighted by molar-refractivity contribution is 5.95. The molecule has 0 fully saturated rings. The van der Waals surface area contributed by atoms with Crippen LogP contribution in [0.3, 0.4) is 0 Å². The molecular weight excluding hydrogens is 444 g/mol. The van der Waals surface area contributed by atoms with Crippen LogP contribution in [0.2, 0.25) is 0 Å². The van der Waals surface area contributed by atoms with Gasteiger partial charge in [0, 0.05) is 22.9 Å². The molecule has 0 aliphatic rings. The van der Waals surface area contributed by atoms with Gasteiger partial charge in [0.2, 0.25) is 0 Å². The van der Waals surface area contributed by atoms with Gasteiger partial charge in [-0.1, -0.05) is 6.92 Å². The third-order valence-corrected chi connectivity index (χ3v) is 4.81. The molecule has 2 aromatic heterocycles. The van der Waals surface area contributed by atoms with Gasteiger partial charge in [-0.05, 0) is 49.7 Å². The van der Waals surface area contributed by atoms with Gasteiger partial charge in [-0.15, -0.1) is 0 Å². The van der Waals surface area contributed by atoms with Crippen molar-refractivity contribution in [1.82, 2.24) is 0 Å². The fraction of sp³-hybridized carbons (Fsp3) is 0.200. The monoisotopic (exact) mass is 464 g/mol. The summed E-state index contributed by atoms with van der Waals surface area (Å²) >= 11 is 0. The summed E-state index contributed by atoms with van der Waals surface area (Å²) in [6.45, 7) is 4.23. The first kappa shape index (κ1) is 22.8. The van der Waals surface area contributed by atoms with Crippen molar-refractivity contribution in [2.45, 2.75) is 20.3 Å². The normalized spacial score (nSPS) is 10.9. The zero-order chi connectivity index (χ0) is 24.2. The van der Waals surface area contributed by atoms with Crippen molar-refractivity contribution < 1.29 is 32.6 Å². The first-order valence-corrected chi connectivity index (χ1v) is 10.6. The van der Waals surface area contributed by atoms with Gasteiger partial charge in [-0.3, -0.25) is 0 Å². The van der Waals surface area contributed by atoms with Crippen molar-refractivity contribution >= 4 is 33.9 Å². The molecule has 0 aliphatic carbocycles. The summed E-state index contributed by atoms with van der Waals surface area (Å²) in [5.41, 5.74) is -1.91. The number of hydrogen-bond acceptors (Lipinski definition) is 9. The van der Waals surface area contributed by atoms with Crippen LogP contribution < -0.4 is 20.7 Å². The van der Waals surface area contributed by atoms with Crippen LogP contribution in [-0.2, 0) is 4.74 Å². The van der Waals surface area contributed by atoms with E-state index >= 15 is 0 Å². The maximum absolute atomic E-state index is 12.6. The molecule has 0 unspecified atom stereocenters. The maximum Gasteiger partial charge on any atom is 0.351 e. The van der Waals surface area contributed by atoms with E-state index in [0.29, 0.717) is 23.1 Å². The van der Waals surface area contributed by atoms with E-state index in [2.05, 4.69) is 0 Å². The predicted molar refractivity (Wildman–Crippen MR) is 122 cm³/mol. The second kappa shape index (κ2) is 9.62. The lowest BCUT2D eigenvalue weighted by molar-refractivity contribution is 0.0521. The van der Waals surface area contributed by atoms with Gasteiger partial charge in [-0.2, -0.15) is 0 Å². The lowest BCUT2D eigenvalue weighted by Gasteiger charge is -2.07. The third-order valence-electron chi connectivity index (χ3n) is 4.81. The molecule has 0 N–H and O–H groups in total. The molecule has 2 heterocycles. The molecule has 4 rings (SSSR count). The summed E-state index contributed by atoms with van der Waals surface area (Å²) in [4.78, 5) is 49.0. The summed E-state index contributed by atoms with van der Waals surface area (Å²) < 4.78 is 26.1. The van der Waals surface area contributed by atoms with Gasteiger partial charge in [0.05, 0.1) is 13.2 Å². The van der Waals surface area contributed by atoms with Crippen molar-refractivity contribution in [3.05, 3.63) is 80.5 Å². The number of carbonyl (C=O) groups excluding carboxylic acids is 2. The van der Waals surface area contributed by atoms with Gasteiger partial charge < -0.3 is 23.0 Å². The molecule has 4 aromatic rings. The number of hydrogen-bond donors (Lipinski definition) is 0. The number of rotatable bonds is 7. The van der Waals surface area contributed by atoms with Crippen LogP contribution in [0.1, 0.15) is 41.0 Å². The van der Waals surface area contributed by atoms with Gasteiger partial charge >= 0.3 is 23.2 Å². The highest BCUT2D eigenvalue weighted by atomic mass is 16.5. The van der Waals surface area contributed by atoms with E-state index in [1.165, 1.54) is 30.3 Å². The van der Waals surface area contributed by atoms with Crippen LogP contribution in [0.15, 0.2) is 67.0 Å². The van der Waals surface area contributed by atoms with E-state index in [1.807, 2.05) is 6.92 Å². The van der Waals surface area contributed by atoms with E-state index in [4.69, 9.17) is 23.0 Å². The summed E-state index contributed by atoms with van der Waals surface area (Å²) in [5.74, 6) is -1.14. The molecule has 0 bridgehead atoms. The summed E-state index contributed by atoms with van der Waals surface area (Å²) in [6.07, 6.45) is 0.831. The van der Waals surface area contributed by atoms with Crippen molar-refractivity contribution in [3.8, 4) is 11.5 Å². The fourth-order valence-electron chi connectivity index (χ4n) is 3.21. The molecule has 34 heavy (non-hydrogen) atoms. The van der Waals surface area contributed by atoms with Crippen molar-refractivity contribution in [2.24, 2.45) is 0 Å². The van der Waals surface area contributed by atoms with E-state index in [0.717, 1.165) is 6.42 Å².